The van der Waals surface area contributed by atoms with Crippen molar-refractivity contribution in [1.82, 2.24) is 24.5 Å². The highest BCUT2D eigenvalue weighted by molar-refractivity contribution is 6.33. The topological polar surface area (TPSA) is 150 Å². The molecular weight excluding hydrogens is 786 g/mol. The number of nitrogen functional groups attached to an aromatic ring is 1. The molecule has 0 spiro atoms. The van der Waals surface area contributed by atoms with Gasteiger partial charge in [0.25, 0.3) is 5.91 Å². The number of halogens is 1. The van der Waals surface area contributed by atoms with E-state index in [0.717, 1.165) is 100 Å². The van der Waals surface area contributed by atoms with Crippen molar-refractivity contribution in [3.63, 3.8) is 0 Å². The summed E-state index contributed by atoms with van der Waals surface area (Å²) in [6.07, 6.45) is 4.71. The summed E-state index contributed by atoms with van der Waals surface area (Å²) in [5, 5.41) is 3.45. The number of morpholine rings is 1. The SMILES string of the molecule is Cc1cc(C[C@@H](OC(=O)N2CCC(N3CCc4ccccc4NC3=O)CC2)C(=O)N(C)CCC(C)C2CCN(CCC(=O)OCCCN3CCOCC3)CC2)cc(Cl)c1N. The molecule has 4 heterocycles. The molecular formula is C45H66ClN7O7. The molecule has 15 heteroatoms. The van der Waals surface area contributed by atoms with Crippen LogP contribution in [0.25, 0.3) is 0 Å². The molecule has 0 radical (unpaired) electrons. The predicted molar refractivity (Wildman–Crippen MR) is 233 cm³/mol. The predicted octanol–water partition coefficient (Wildman–Crippen LogP) is 5.69. The number of esters is 1. The quantitative estimate of drug-likeness (QED) is 0.123. The van der Waals surface area contributed by atoms with Crippen LogP contribution >= 0.6 is 11.6 Å². The summed E-state index contributed by atoms with van der Waals surface area (Å²) < 4.78 is 17.0. The number of benzene rings is 2. The molecule has 1 unspecified atom stereocenters. The fraction of sp³-hybridized carbons (Fsp3) is 0.644. The Bertz CT molecular complexity index is 1740. The molecule has 0 bridgehead atoms. The van der Waals surface area contributed by atoms with Gasteiger partial charge in [0, 0.05) is 77.6 Å². The largest absolute Gasteiger partial charge is 0.466 e. The molecule has 3 N–H and O–H groups in total. The summed E-state index contributed by atoms with van der Waals surface area (Å²) in [6, 6.07) is 11.4. The number of carbonyl (C=O) groups excluding carboxylic acids is 4. The molecule has 0 aromatic heterocycles. The van der Waals surface area contributed by atoms with Gasteiger partial charge in [-0.25, -0.2) is 9.59 Å². The summed E-state index contributed by atoms with van der Waals surface area (Å²) in [5.41, 5.74) is 10.1. The first kappa shape index (κ1) is 45.4. The van der Waals surface area contributed by atoms with Gasteiger partial charge in [-0.1, -0.05) is 42.8 Å². The Morgan fingerprint density at radius 2 is 1.70 bits per heavy atom. The number of nitrogens with one attached hydrogen (secondary N) is 1. The van der Waals surface area contributed by atoms with Crippen LogP contribution in [0.15, 0.2) is 36.4 Å². The van der Waals surface area contributed by atoms with E-state index < -0.39 is 12.2 Å². The third-order valence-corrected chi connectivity index (χ3v) is 13.3. The maximum absolute atomic E-state index is 14.1. The Morgan fingerprint density at radius 1 is 0.983 bits per heavy atom. The number of amides is 4. The van der Waals surface area contributed by atoms with Crippen molar-refractivity contribution >= 4 is 47.0 Å². The molecule has 14 nitrogen and oxygen atoms in total. The van der Waals surface area contributed by atoms with E-state index in [2.05, 4.69) is 22.0 Å². The summed E-state index contributed by atoms with van der Waals surface area (Å²) in [5.74, 6) is 0.512. The molecule has 0 saturated carbocycles. The average molecular weight is 853 g/mol. The van der Waals surface area contributed by atoms with E-state index in [9.17, 15) is 19.2 Å². The normalized spacial score (nSPS) is 19.5. The van der Waals surface area contributed by atoms with E-state index in [0.29, 0.717) is 81.1 Å². The lowest BCUT2D eigenvalue weighted by molar-refractivity contribution is -0.144. The van der Waals surface area contributed by atoms with Crippen LogP contribution in [0, 0.1) is 18.8 Å². The Labute approximate surface area is 360 Å². The van der Waals surface area contributed by atoms with E-state index in [-0.39, 0.29) is 30.4 Å². The maximum Gasteiger partial charge on any atom is 0.410 e. The first-order valence-electron chi connectivity index (χ1n) is 22.0. The first-order valence-corrected chi connectivity index (χ1v) is 22.4. The number of fused-ring (bicyclic) bond motifs is 1. The van der Waals surface area contributed by atoms with Gasteiger partial charge >= 0.3 is 18.1 Å². The number of carbonyl (C=O) groups is 4. The average Bonchev–Trinajstić information content (AvgIpc) is 3.43. The number of aryl methyl sites for hydroxylation is 1. The third kappa shape index (κ3) is 12.7. The second-order valence-corrected chi connectivity index (χ2v) is 17.5. The van der Waals surface area contributed by atoms with Gasteiger partial charge < -0.3 is 44.9 Å². The molecule has 2 atom stereocenters. The van der Waals surface area contributed by atoms with Crippen LogP contribution in [0.5, 0.6) is 0 Å². The highest BCUT2D eigenvalue weighted by Crippen LogP contribution is 2.29. The number of hydrogen-bond acceptors (Lipinski definition) is 10. The van der Waals surface area contributed by atoms with Crippen molar-refractivity contribution in [2.75, 3.05) is 103 Å². The number of nitrogens with zero attached hydrogens (tertiary/aromatic N) is 5. The minimum absolute atomic E-state index is 0.00847. The lowest BCUT2D eigenvalue weighted by Crippen LogP contribution is -2.51. The molecule has 4 amide bonds. The molecule has 2 aromatic carbocycles. The minimum atomic E-state index is -1.05. The number of piperidine rings is 2. The van der Waals surface area contributed by atoms with Gasteiger partial charge in [-0.05, 0) is 106 Å². The van der Waals surface area contributed by atoms with E-state index in [4.69, 9.17) is 31.5 Å². The second-order valence-electron chi connectivity index (χ2n) is 17.1. The summed E-state index contributed by atoms with van der Waals surface area (Å²) in [6.45, 7) is 13.5. The monoisotopic (exact) mass is 851 g/mol. The van der Waals surface area contributed by atoms with E-state index in [1.54, 1.807) is 22.9 Å². The lowest BCUT2D eigenvalue weighted by Gasteiger charge is -2.38. The molecule has 4 aliphatic rings. The zero-order valence-electron chi connectivity index (χ0n) is 35.9. The van der Waals surface area contributed by atoms with Gasteiger partial charge in [-0.3, -0.25) is 14.5 Å². The number of likely N-dealkylation sites (tertiary alicyclic amines) is 2. The molecule has 4 aliphatic heterocycles. The molecule has 3 saturated heterocycles. The number of urea groups is 1. The third-order valence-electron chi connectivity index (χ3n) is 13.0. The summed E-state index contributed by atoms with van der Waals surface area (Å²) >= 11 is 6.44. The van der Waals surface area contributed by atoms with Gasteiger partial charge in [0.05, 0.1) is 37.0 Å². The molecule has 60 heavy (non-hydrogen) atoms. The van der Waals surface area contributed by atoms with Crippen molar-refractivity contribution in [2.24, 2.45) is 11.8 Å². The number of anilines is 2. The Balaban J connectivity index is 0.951. The summed E-state index contributed by atoms with van der Waals surface area (Å²) in [7, 11) is 1.78. The summed E-state index contributed by atoms with van der Waals surface area (Å²) in [4.78, 5) is 63.3. The minimum Gasteiger partial charge on any atom is -0.466 e. The van der Waals surface area contributed by atoms with E-state index >= 15 is 0 Å². The zero-order chi connectivity index (χ0) is 42.6. The van der Waals surface area contributed by atoms with Gasteiger partial charge in [-0.2, -0.15) is 0 Å². The smallest absolute Gasteiger partial charge is 0.410 e. The van der Waals surface area contributed by atoms with Crippen molar-refractivity contribution in [3.8, 4) is 0 Å². The van der Waals surface area contributed by atoms with Crippen LogP contribution in [0.4, 0.5) is 21.0 Å². The number of rotatable bonds is 16. The number of ether oxygens (including phenoxy) is 3. The number of nitrogens with two attached hydrogens (primary N) is 1. The van der Waals surface area contributed by atoms with Gasteiger partial charge in [0.15, 0.2) is 6.10 Å². The fourth-order valence-corrected chi connectivity index (χ4v) is 9.28. The molecule has 330 valence electrons. The molecule has 3 fully saturated rings. The Kier molecular flexibility index (Phi) is 16.7. The standard InChI is InChI=1S/C45H66ClN7O7/c1-32(35-10-18-51(19-11-35)20-15-41(54)59-26-6-16-50-24-27-58-28-25-50)9-17-49(3)43(55)40(31-34-29-33(2)42(47)38(46)30-34)60-45(57)52-21-13-37(14-22-52)53-23-12-36-7-4-5-8-39(36)48-44(53)56/h4-5,7-8,29-30,32,35,37,40H,6,9-28,31,47H2,1-3H3,(H,48,56)/t32?,40-/m1/s1. The molecule has 0 aliphatic carbocycles. The van der Waals surface area contributed by atoms with Crippen LogP contribution in [0.3, 0.4) is 0 Å². The van der Waals surface area contributed by atoms with Crippen molar-refractivity contribution < 1.29 is 33.4 Å². The van der Waals surface area contributed by atoms with Crippen LogP contribution in [-0.4, -0.2) is 153 Å². The number of likely N-dealkylation sites (N-methyl/N-ethyl adjacent to an activating group) is 1. The Hall–Kier alpha value is -4.11. The van der Waals surface area contributed by atoms with Gasteiger partial charge in [0.2, 0.25) is 0 Å². The fourth-order valence-electron chi connectivity index (χ4n) is 8.99. The number of hydrogen-bond donors (Lipinski definition) is 2. The van der Waals surface area contributed by atoms with Gasteiger partial charge in [0.1, 0.15) is 0 Å². The van der Waals surface area contributed by atoms with E-state index in [1.807, 2.05) is 42.2 Å². The maximum atomic E-state index is 14.1. The van der Waals surface area contributed by atoms with Crippen molar-refractivity contribution in [3.05, 3.63) is 58.1 Å². The van der Waals surface area contributed by atoms with Crippen molar-refractivity contribution in [2.45, 2.75) is 83.8 Å². The highest BCUT2D eigenvalue weighted by atomic mass is 35.5. The van der Waals surface area contributed by atoms with Crippen molar-refractivity contribution in [1.29, 1.82) is 0 Å². The zero-order valence-corrected chi connectivity index (χ0v) is 36.6. The van der Waals surface area contributed by atoms with Crippen LogP contribution in [-0.2, 0) is 36.6 Å². The molecule has 6 rings (SSSR count). The number of para-hydroxylation sites is 1. The van der Waals surface area contributed by atoms with Crippen LogP contribution < -0.4 is 11.1 Å². The van der Waals surface area contributed by atoms with E-state index in [1.165, 1.54) is 0 Å². The first-order chi connectivity index (χ1) is 28.9. The molecule has 2 aromatic rings. The van der Waals surface area contributed by atoms with Gasteiger partial charge in [-0.15, -0.1) is 0 Å². The Morgan fingerprint density at radius 3 is 2.43 bits per heavy atom. The lowest BCUT2D eigenvalue weighted by atomic mass is 9.83. The van der Waals surface area contributed by atoms with Crippen LogP contribution in [0.1, 0.15) is 68.6 Å². The highest BCUT2D eigenvalue weighted by Gasteiger charge is 2.35. The second kappa shape index (κ2) is 22.1. The van der Waals surface area contributed by atoms with Crippen LogP contribution in [0.2, 0.25) is 5.02 Å².